The minimum atomic E-state index is 0.495. The molecule has 3 aromatic rings. The number of hydrogen-bond donors (Lipinski definition) is 1. The molecule has 0 aliphatic heterocycles. The Labute approximate surface area is 161 Å². The number of benzene rings is 2. The minimum absolute atomic E-state index is 0.495. The van der Waals surface area contributed by atoms with Gasteiger partial charge in [0.1, 0.15) is 11.5 Å². The highest BCUT2D eigenvalue weighted by Crippen LogP contribution is 2.24. The Bertz CT molecular complexity index is 855. The van der Waals surface area contributed by atoms with Crippen LogP contribution >= 0.6 is 23.4 Å². The molecular weight excluding hydrogens is 372 g/mol. The SMILES string of the molecule is COc1ccc(Cc2nnc(SCCOc3ccccc3Cl)n2N)cc1. The normalized spacial score (nSPS) is 10.7. The maximum Gasteiger partial charge on any atom is 0.209 e. The summed E-state index contributed by atoms with van der Waals surface area (Å²) in [5.41, 5.74) is 1.09. The van der Waals surface area contributed by atoms with Gasteiger partial charge < -0.3 is 15.3 Å². The standard InChI is InChI=1S/C18H19ClN4O2S/c1-24-14-8-6-13(7-9-14)12-17-21-22-18(23(17)20)26-11-10-25-16-5-3-2-4-15(16)19/h2-9H,10-12,20H2,1H3. The van der Waals surface area contributed by atoms with E-state index in [2.05, 4.69) is 10.2 Å². The first-order chi connectivity index (χ1) is 12.7. The van der Waals surface area contributed by atoms with Crippen LogP contribution in [0.5, 0.6) is 11.5 Å². The van der Waals surface area contributed by atoms with Crippen molar-refractivity contribution in [1.29, 1.82) is 0 Å². The largest absolute Gasteiger partial charge is 0.497 e. The van der Waals surface area contributed by atoms with Crippen molar-refractivity contribution >= 4 is 23.4 Å². The highest BCUT2D eigenvalue weighted by atomic mass is 35.5. The fraction of sp³-hybridized carbons (Fsp3) is 0.222. The lowest BCUT2D eigenvalue weighted by Crippen LogP contribution is -2.15. The zero-order valence-electron chi connectivity index (χ0n) is 14.3. The van der Waals surface area contributed by atoms with Gasteiger partial charge in [-0.1, -0.05) is 47.6 Å². The van der Waals surface area contributed by atoms with E-state index in [1.54, 1.807) is 13.2 Å². The van der Waals surface area contributed by atoms with Crippen LogP contribution in [0, 0.1) is 0 Å². The van der Waals surface area contributed by atoms with Crippen LogP contribution in [0.15, 0.2) is 53.7 Å². The summed E-state index contributed by atoms with van der Waals surface area (Å²) in [4.78, 5) is 0. The van der Waals surface area contributed by atoms with Crippen LogP contribution < -0.4 is 15.3 Å². The van der Waals surface area contributed by atoms with Gasteiger partial charge in [0.25, 0.3) is 0 Å². The quantitative estimate of drug-likeness (QED) is 0.361. The average Bonchev–Trinajstić information content (AvgIpc) is 3.00. The number of methoxy groups -OCH3 is 1. The summed E-state index contributed by atoms with van der Waals surface area (Å²) in [6.45, 7) is 0.495. The summed E-state index contributed by atoms with van der Waals surface area (Å²) in [6.07, 6.45) is 0.601. The van der Waals surface area contributed by atoms with E-state index in [0.717, 1.165) is 11.3 Å². The van der Waals surface area contributed by atoms with E-state index in [-0.39, 0.29) is 0 Å². The lowest BCUT2D eigenvalue weighted by molar-refractivity contribution is 0.344. The Kier molecular flexibility index (Phi) is 6.25. The van der Waals surface area contributed by atoms with Gasteiger partial charge in [0, 0.05) is 12.2 Å². The fourth-order valence-corrected chi connectivity index (χ4v) is 3.18. The third kappa shape index (κ3) is 4.62. The van der Waals surface area contributed by atoms with Crippen LogP contribution in [0.25, 0.3) is 0 Å². The molecule has 136 valence electrons. The van der Waals surface area contributed by atoms with Gasteiger partial charge in [0.15, 0.2) is 5.82 Å². The molecule has 0 fully saturated rings. The molecule has 1 heterocycles. The summed E-state index contributed by atoms with van der Waals surface area (Å²) in [5.74, 6) is 8.98. The number of nitrogens with two attached hydrogens (primary N) is 1. The smallest absolute Gasteiger partial charge is 0.209 e. The predicted molar refractivity (Wildman–Crippen MR) is 104 cm³/mol. The van der Waals surface area contributed by atoms with Crippen LogP contribution in [0.2, 0.25) is 5.02 Å². The van der Waals surface area contributed by atoms with Crippen molar-refractivity contribution in [1.82, 2.24) is 14.9 Å². The molecule has 0 spiro atoms. The van der Waals surface area contributed by atoms with Gasteiger partial charge in [-0.3, -0.25) is 0 Å². The van der Waals surface area contributed by atoms with Crippen molar-refractivity contribution in [3.8, 4) is 11.5 Å². The second-order valence-electron chi connectivity index (χ2n) is 5.42. The number of aromatic nitrogens is 3. The maximum atomic E-state index is 6.11. The molecule has 0 aliphatic carbocycles. The first-order valence-electron chi connectivity index (χ1n) is 8.00. The molecule has 0 bridgehead atoms. The Morgan fingerprint density at radius 2 is 1.88 bits per heavy atom. The van der Waals surface area contributed by atoms with Gasteiger partial charge in [-0.15, -0.1) is 10.2 Å². The first-order valence-corrected chi connectivity index (χ1v) is 9.36. The summed E-state index contributed by atoms with van der Waals surface area (Å²) in [6, 6.07) is 15.2. The van der Waals surface area contributed by atoms with Crippen LogP contribution in [0.4, 0.5) is 0 Å². The Morgan fingerprint density at radius 3 is 2.62 bits per heavy atom. The van der Waals surface area contributed by atoms with Gasteiger partial charge in [-0.2, -0.15) is 0 Å². The summed E-state index contributed by atoms with van der Waals surface area (Å²) >= 11 is 7.54. The minimum Gasteiger partial charge on any atom is -0.497 e. The molecule has 8 heteroatoms. The average molecular weight is 391 g/mol. The summed E-state index contributed by atoms with van der Waals surface area (Å²) in [7, 11) is 1.64. The van der Waals surface area contributed by atoms with Crippen molar-refractivity contribution < 1.29 is 9.47 Å². The number of thioether (sulfide) groups is 1. The van der Waals surface area contributed by atoms with Gasteiger partial charge in [-0.25, -0.2) is 4.68 Å². The zero-order chi connectivity index (χ0) is 18.4. The number of nitrogen functional groups attached to an aromatic ring is 1. The summed E-state index contributed by atoms with van der Waals surface area (Å²) < 4.78 is 12.3. The van der Waals surface area contributed by atoms with Crippen LogP contribution in [-0.4, -0.2) is 34.3 Å². The van der Waals surface area contributed by atoms with Gasteiger partial charge in [0.2, 0.25) is 5.16 Å². The molecule has 0 atom stereocenters. The lowest BCUT2D eigenvalue weighted by atomic mass is 10.1. The Morgan fingerprint density at radius 1 is 1.12 bits per heavy atom. The predicted octanol–water partition coefficient (Wildman–Crippen LogP) is 3.42. The molecule has 1 aromatic heterocycles. The van der Waals surface area contributed by atoms with Gasteiger partial charge in [0.05, 0.1) is 18.7 Å². The Balaban J connectivity index is 1.52. The van der Waals surface area contributed by atoms with E-state index in [0.29, 0.717) is 40.5 Å². The molecule has 2 aromatic carbocycles. The van der Waals surface area contributed by atoms with E-state index in [1.807, 2.05) is 42.5 Å². The Hall–Kier alpha value is -2.38. The third-order valence-corrected chi connectivity index (χ3v) is 4.88. The monoisotopic (exact) mass is 390 g/mol. The lowest BCUT2D eigenvalue weighted by Gasteiger charge is -2.07. The zero-order valence-corrected chi connectivity index (χ0v) is 15.8. The van der Waals surface area contributed by atoms with E-state index >= 15 is 0 Å². The molecular formula is C18H19ClN4O2S. The van der Waals surface area contributed by atoms with E-state index in [1.165, 1.54) is 16.4 Å². The van der Waals surface area contributed by atoms with Crippen LogP contribution in [0.1, 0.15) is 11.4 Å². The molecule has 6 nitrogen and oxygen atoms in total. The molecule has 2 N–H and O–H groups in total. The number of ether oxygens (including phenoxy) is 2. The van der Waals surface area contributed by atoms with E-state index in [9.17, 15) is 0 Å². The van der Waals surface area contributed by atoms with Crippen LogP contribution in [0.3, 0.4) is 0 Å². The molecule has 0 saturated carbocycles. The second kappa shape index (κ2) is 8.82. The van der Waals surface area contributed by atoms with Gasteiger partial charge in [-0.05, 0) is 29.8 Å². The molecule has 3 rings (SSSR count). The number of nitrogens with zero attached hydrogens (tertiary/aromatic N) is 3. The molecule has 0 amide bonds. The third-order valence-electron chi connectivity index (χ3n) is 3.67. The van der Waals surface area contributed by atoms with Crippen LogP contribution in [-0.2, 0) is 6.42 Å². The van der Waals surface area contributed by atoms with Crippen molar-refractivity contribution in [2.75, 3.05) is 25.3 Å². The number of rotatable bonds is 8. The highest BCUT2D eigenvalue weighted by Gasteiger charge is 2.11. The molecule has 26 heavy (non-hydrogen) atoms. The number of para-hydroxylation sites is 1. The maximum absolute atomic E-state index is 6.11. The molecule has 0 unspecified atom stereocenters. The highest BCUT2D eigenvalue weighted by molar-refractivity contribution is 7.99. The number of hydrogen-bond acceptors (Lipinski definition) is 6. The van der Waals surface area contributed by atoms with Crippen molar-refractivity contribution in [3.05, 3.63) is 64.9 Å². The van der Waals surface area contributed by atoms with E-state index < -0.39 is 0 Å². The first kappa shape index (κ1) is 18.4. The number of halogens is 1. The van der Waals surface area contributed by atoms with E-state index in [4.69, 9.17) is 26.9 Å². The van der Waals surface area contributed by atoms with Crippen molar-refractivity contribution in [3.63, 3.8) is 0 Å². The van der Waals surface area contributed by atoms with Gasteiger partial charge >= 0.3 is 0 Å². The molecule has 0 saturated heterocycles. The summed E-state index contributed by atoms with van der Waals surface area (Å²) in [5, 5.41) is 9.58. The second-order valence-corrected chi connectivity index (χ2v) is 6.89. The fourth-order valence-electron chi connectivity index (χ4n) is 2.30. The van der Waals surface area contributed by atoms with Crippen molar-refractivity contribution in [2.45, 2.75) is 11.6 Å². The molecule has 0 radical (unpaired) electrons. The topological polar surface area (TPSA) is 75.2 Å². The van der Waals surface area contributed by atoms with Crippen molar-refractivity contribution in [2.24, 2.45) is 0 Å². The molecule has 0 aliphatic rings.